The van der Waals surface area contributed by atoms with E-state index >= 15 is 0 Å². The quantitative estimate of drug-likeness (QED) is 0.0306. The number of aliphatic carboxylic acids is 2. The molecular formula is C60H65F3N4O8. The molecule has 2 heterocycles. The number of rotatable bonds is 21. The minimum Gasteiger partial charge on any atom is -0.493 e. The van der Waals surface area contributed by atoms with E-state index in [1.807, 2.05) is 148 Å². The molecule has 2 aromatic heterocycles. The van der Waals surface area contributed by atoms with Crippen molar-refractivity contribution in [1.82, 2.24) is 9.97 Å². The second kappa shape index (κ2) is 30.7. The molecule has 0 bridgehead atoms. The molecule has 0 aliphatic carbocycles. The summed E-state index contributed by atoms with van der Waals surface area (Å²) in [7, 11) is 0. The average Bonchev–Trinajstić information content (AvgIpc) is 3.36. The molecule has 4 aromatic carbocycles. The van der Waals surface area contributed by atoms with Gasteiger partial charge < -0.3 is 35.1 Å². The summed E-state index contributed by atoms with van der Waals surface area (Å²) in [5.41, 5.74) is 5.14. The van der Waals surface area contributed by atoms with E-state index in [4.69, 9.17) is 24.1 Å². The maximum absolute atomic E-state index is 12.1. The summed E-state index contributed by atoms with van der Waals surface area (Å²) in [6.07, 6.45) is 1.90. The van der Waals surface area contributed by atoms with Gasteiger partial charge in [-0.1, -0.05) is 112 Å². The molecule has 0 saturated carbocycles. The SMILES string of the molecule is CC(C)(CC(=O)O)Cc1ccc(OCCCNc2ccccn2)cc1C#Cc1ccccc1.CCOC(=O)CC(C)(C)Cc1ccc(OCCCNc2ccccn2)cc1C#Cc1ccccc1.O=C(O)C(F)(F)F. The third kappa shape index (κ3) is 24.3. The number of benzene rings is 4. The van der Waals surface area contributed by atoms with Gasteiger partial charge in [-0.05, 0) is 127 Å². The molecule has 394 valence electrons. The van der Waals surface area contributed by atoms with Crippen molar-refractivity contribution in [2.75, 3.05) is 43.5 Å². The fourth-order valence-electron chi connectivity index (χ4n) is 7.21. The summed E-state index contributed by atoms with van der Waals surface area (Å²) in [6, 6.07) is 43.2. The maximum Gasteiger partial charge on any atom is 0.490 e. The molecule has 0 atom stereocenters. The van der Waals surface area contributed by atoms with Crippen LogP contribution in [0.2, 0.25) is 0 Å². The van der Waals surface area contributed by atoms with E-state index in [0.717, 1.165) is 82.4 Å². The molecule has 12 nitrogen and oxygen atoms in total. The van der Waals surface area contributed by atoms with Crippen LogP contribution in [0, 0.1) is 34.5 Å². The molecule has 0 spiro atoms. The van der Waals surface area contributed by atoms with Crippen LogP contribution >= 0.6 is 0 Å². The third-order valence-electron chi connectivity index (χ3n) is 10.7. The fourth-order valence-corrected chi connectivity index (χ4v) is 7.21. The van der Waals surface area contributed by atoms with Gasteiger partial charge >= 0.3 is 24.1 Å². The second-order valence-corrected chi connectivity index (χ2v) is 18.6. The van der Waals surface area contributed by atoms with Crippen LogP contribution in [-0.4, -0.2) is 77.2 Å². The largest absolute Gasteiger partial charge is 0.493 e. The molecule has 4 N–H and O–H groups in total. The summed E-state index contributed by atoms with van der Waals surface area (Å²) in [5.74, 6) is 12.6. The Hall–Kier alpha value is -8.30. The molecule has 0 amide bonds. The molecule has 0 fully saturated rings. The number of ether oxygens (including phenoxy) is 3. The molecule has 0 unspecified atom stereocenters. The molecule has 15 heteroatoms. The van der Waals surface area contributed by atoms with Crippen LogP contribution in [0.3, 0.4) is 0 Å². The van der Waals surface area contributed by atoms with Crippen LogP contribution in [0.4, 0.5) is 24.8 Å². The number of nitrogens with zero attached hydrogens (tertiary/aromatic N) is 2. The Labute approximate surface area is 438 Å². The van der Waals surface area contributed by atoms with Crippen molar-refractivity contribution in [3.05, 3.63) is 179 Å². The van der Waals surface area contributed by atoms with E-state index in [-0.39, 0.29) is 23.2 Å². The lowest BCUT2D eigenvalue weighted by molar-refractivity contribution is -0.192. The first kappa shape index (κ1) is 59.3. The summed E-state index contributed by atoms with van der Waals surface area (Å²) in [5, 5.41) is 22.9. The Morgan fingerprint density at radius 1 is 0.573 bits per heavy atom. The van der Waals surface area contributed by atoms with Gasteiger partial charge in [0.2, 0.25) is 0 Å². The van der Waals surface area contributed by atoms with Gasteiger partial charge in [-0.2, -0.15) is 13.2 Å². The number of carbonyl (C=O) groups is 3. The number of hydrogen-bond acceptors (Lipinski definition) is 10. The van der Waals surface area contributed by atoms with E-state index in [1.165, 1.54) is 0 Å². The summed E-state index contributed by atoms with van der Waals surface area (Å²) < 4.78 is 48.9. The molecule has 0 aliphatic rings. The van der Waals surface area contributed by atoms with Crippen molar-refractivity contribution >= 4 is 29.5 Å². The predicted octanol–water partition coefficient (Wildman–Crippen LogP) is 11.9. The van der Waals surface area contributed by atoms with Gasteiger partial charge in [0.05, 0.1) is 32.7 Å². The molecule has 6 aromatic rings. The van der Waals surface area contributed by atoms with E-state index < -0.39 is 18.1 Å². The average molecular weight is 1030 g/mol. The van der Waals surface area contributed by atoms with Crippen molar-refractivity contribution in [3.8, 4) is 35.2 Å². The zero-order valence-corrected chi connectivity index (χ0v) is 43.0. The van der Waals surface area contributed by atoms with Crippen molar-refractivity contribution in [3.63, 3.8) is 0 Å². The van der Waals surface area contributed by atoms with Gasteiger partial charge in [-0.15, -0.1) is 0 Å². The molecule has 0 aliphatic heterocycles. The van der Waals surface area contributed by atoms with Gasteiger partial charge in [-0.25, -0.2) is 14.8 Å². The van der Waals surface area contributed by atoms with Gasteiger partial charge in [0, 0.05) is 47.7 Å². The standard InChI is InChI=1S/C30H34N2O3.C28H30N2O3.C2HF3O2/c1-4-34-29(33)23-30(2,3)22-26-16-17-27(21-25(26)15-14-24-11-6-5-7-12-24)35-20-10-19-32-28-13-8-9-18-31-28;1-28(2,21-27(31)32)20-24-14-15-25(19-23(24)13-12-22-9-4-3-5-10-22)33-18-8-17-30-26-11-6-7-16-29-26;3-2(4,5)1(6)7/h5-9,11-13,16-18,21H,4,10,19-20,22-23H2,1-3H3,(H,31,32);3-7,9-11,14-16,19H,8,17-18,20-21H2,1-2H3,(H,29,30)(H,31,32);(H,6,7). The molecular weight excluding hydrogens is 962 g/mol. The van der Waals surface area contributed by atoms with Crippen LogP contribution in [-0.2, 0) is 32.0 Å². The highest BCUT2D eigenvalue weighted by molar-refractivity contribution is 5.73. The van der Waals surface area contributed by atoms with Crippen molar-refractivity contribution < 1.29 is 52.0 Å². The number of halogens is 3. The number of carbonyl (C=O) groups excluding carboxylic acids is 1. The smallest absolute Gasteiger partial charge is 0.490 e. The predicted molar refractivity (Wildman–Crippen MR) is 286 cm³/mol. The Kier molecular flexibility index (Phi) is 24.2. The highest BCUT2D eigenvalue weighted by atomic mass is 19.4. The topological polar surface area (TPSA) is 169 Å². The number of carboxylic acid groups (broad SMARTS) is 2. The van der Waals surface area contributed by atoms with Gasteiger partial charge in [0.1, 0.15) is 23.1 Å². The van der Waals surface area contributed by atoms with E-state index in [2.05, 4.69) is 64.2 Å². The number of alkyl halides is 3. The number of pyridine rings is 2. The number of esters is 1. The zero-order valence-electron chi connectivity index (χ0n) is 43.0. The summed E-state index contributed by atoms with van der Waals surface area (Å²) in [6.45, 7) is 13.0. The lowest BCUT2D eigenvalue weighted by Crippen LogP contribution is -2.22. The highest BCUT2D eigenvalue weighted by Gasteiger charge is 2.38. The van der Waals surface area contributed by atoms with Gasteiger partial charge in [0.25, 0.3) is 0 Å². The minimum atomic E-state index is -5.08. The van der Waals surface area contributed by atoms with Crippen LogP contribution in [0.1, 0.15) is 93.7 Å². The number of nitrogens with one attached hydrogen (secondary N) is 2. The van der Waals surface area contributed by atoms with E-state index in [1.54, 1.807) is 12.4 Å². The molecule has 0 saturated heterocycles. The number of carboxylic acids is 2. The van der Waals surface area contributed by atoms with Crippen molar-refractivity contribution in [2.45, 2.75) is 79.3 Å². The lowest BCUT2D eigenvalue weighted by Gasteiger charge is -2.24. The number of aromatic nitrogens is 2. The summed E-state index contributed by atoms with van der Waals surface area (Å²) in [4.78, 5) is 40.7. The monoisotopic (exact) mass is 1030 g/mol. The second-order valence-electron chi connectivity index (χ2n) is 18.6. The molecule has 6 rings (SSSR count). The first-order chi connectivity index (χ1) is 35.8. The Bertz CT molecular complexity index is 2830. The first-order valence-electron chi connectivity index (χ1n) is 24.4. The Morgan fingerprint density at radius 3 is 1.36 bits per heavy atom. The van der Waals surface area contributed by atoms with Crippen LogP contribution in [0.5, 0.6) is 11.5 Å². The number of anilines is 2. The number of hydrogen-bond donors (Lipinski definition) is 4. The van der Waals surface area contributed by atoms with Gasteiger partial charge in [0.15, 0.2) is 0 Å². The van der Waals surface area contributed by atoms with E-state index in [9.17, 15) is 27.9 Å². The molecule has 75 heavy (non-hydrogen) atoms. The highest BCUT2D eigenvalue weighted by Crippen LogP contribution is 2.31. The van der Waals surface area contributed by atoms with Crippen LogP contribution in [0.15, 0.2) is 146 Å². The zero-order chi connectivity index (χ0) is 54.5. The summed E-state index contributed by atoms with van der Waals surface area (Å²) >= 11 is 0. The fraction of sp³-hybridized carbons (Fsp3) is 0.317. The first-order valence-corrected chi connectivity index (χ1v) is 24.4. The normalized spacial score (nSPS) is 10.8. The van der Waals surface area contributed by atoms with Crippen LogP contribution in [0.25, 0.3) is 0 Å². The van der Waals surface area contributed by atoms with Crippen LogP contribution < -0.4 is 20.1 Å². The van der Waals surface area contributed by atoms with Crippen molar-refractivity contribution in [2.24, 2.45) is 10.8 Å². The Balaban J connectivity index is 0.000000288. The Morgan fingerprint density at radius 2 is 0.987 bits per heavy atom. The lowest BCUT2D eigenvalue weighted by atomic mass is 9.81. The van der Waals surface area contributed by atoms with Crippen molar-refractivity contribution in [1.29, 1.82) is 0 Å². The third-order valence-corrected chi connectivity index (χ3v) is 10.7. The minimum absolute atomic E-state index is 0.0973. The maximum atomic E-state index is 12.1. The van der Waals surface area contributed by atoms with Gasteiger partial charge in [-0.3, -0.25) is 9.59 Å². The van der Waals surface area contributed by atoms with E-state index in [0.29, 0.717) is 39.1 Å². The molecule has 0 radical (unpaired) electrons.